The largest absolute Gasteiger partial charge is 0.494 e. The Balaban J connectivity index is 1.44. The zero-order valence-corrected chi connectivity index (χ0v) is 23.0. The number of hydrogen-bond acceptors (Lipinski definition) is 6. The van der Waals surface area contributed by atoms with Gasteiger partial charge in [-0.3, -0.25) is 0 Å². The molecule has 3 aromatic carbocycles. The molecule has 2 aliphatic rings. The normalized spacial score (nSPS) is 17.8. The first kappa shape index (κ1) is 26.2. The van der Waals surface area contributed by atoms with Crippen LogP contribution in [0.5, 0.6) is 23.0 Å². The molecule has 5 rings (SSSR count). The molecule has 2 heterocycles. The number of hydrazone groups is 1. The molecule has 200 valence electrons. The molecule has 0 aliphatic carbocycles. The lowest BCUT2D eigenvalue weighted by molar-refractivity contribution is -0.0191. The fraction of sp³-hybridized carbons (Fsp3) is 0.387. The van der Waals surface area contributed by atoms with Crippen molar-refractivity contribution < 1.29 is 18.9 Å². The molecule has 0 spiro atoms. The summed E-state index contributed by atoms with van der Waals surface area (Å²) in [5.41, 5.74) is 4.05. The van der Waals surface area contributed by atoms with Gasteiger partial charge in [-0.1, -0.05) is 37.8 Å². The summed E-state index contributed by atoms with van der Waals surface area (Å²) in [5.74, 6) is 3.10. The van der Waals surface area contributed by atoms with Crippen LogP contribution in [-0.2, 0) is 0 Å². The molecule has 0 amide bonds. The van der Waals surface area contributed by atoms with Gasteiger partial charge < -0.3 is 18.9 Å². The van der Waals surface area contributed by atoms with Gasteiger partial charge in [-0.2, -0.15) is 5.10 Å². The summed E-state index contributed by atoms with van der Waals surface area (Å²) in [6.07, 6.45) is 4.96. The Kier molecular flexibility index (Phi) is 8.28. The van der Waals surface area contributed by atoms with Crippen LogP contribution >= 0.6 is 11.6 Å². The van der Waals surface area contributed by atoms with Crippen molar-refractivity contribution in [3.05, 3.63) is 82.4 Å². The number of halogens is 1. The van der Waals surface area contributed by atoms with Gasteiger partial charge in [0.1, 0.15) is 11.5 Å². The standard InChI is InChI=1S/C31H35ClN2O4/c1-4-6-7-8-17-37-29-15-11-22(18-30(29)35-3)31-34-27(25-19-23(32)12-16-28(25)38-31)20-26(33-34)21-9-13-24(14-10-21)36-5-2/h9-16,18-19,27,31H,4-8,17,20H2,1-3H3/t27-,31-/m0/s1. The topological polar surface area (TPSA) is 52.5 Å². The molecule has 0 saturated heterocycles. The minimum absolute atomic E-state index is 0.00417. The quantitative estimate of drug-likeness (QED) is 0.234. The summed E-state index contributed by atoms with van der Waals surface area (Å²) in [6.45, 7) is 5.50. The number of fused-ring (bicyclic) bond motifs is 3. The second kappa shape index (κ2) is 12.0. The lowest BCUT2D eigenvalue weighted by Crippen LogP contribution is -2.33. The first-order valence-corrected chi connectivity index (χ1v) is 13.8. The summed E-state index contributed by atoms with van der Waals surface area (Å²) in [4.78, 5) is 0. The van der Waals surface area contributed by atoms with Gasteiger partial charge in [0, 0.05) is 22.6 Å². The van der Waals surface area contributed by atoms with Crippen LogP contribution in [0.4, 0.5) is 0 Å². The average molecular weight is 535 g/mol. The molecule has 0 saturated carbocycles. The third kappa shape index (κ3) is 5.56. The van der Waals surface area contributed by atoms with E-state index in [-0.39, 0.29) is 6.04 Å². The van der Waals surface area contributed by atoms with E-state index in [4.69, 9.17) is 35.6 Å². The zero-order valence-electron chi connectivity index (χ0n) is 22.3. The molecule has 38 heavy (non-hydrogen) atoms. The Morgan fingerprint density at radius 1 is 0.947 bits per heavy atom. The Morgan fingerprint density at radius 3 is 2.55 bits per heavy atom. The highest BCUT2D eigenvalue weighted by Gasteiger charge is 2.41. The summed E-state index contributed by atoms with van der Waals surface area (Å²) in [7, 11) is 1.67. The Hall–Kier alpha value is -3.38. The molecule has 7 heteroatoms. The number of unbranched alkanes of at least 4 members (excludes halogenated alkanes) is 3. The van der Waals surface area contributed by atoms with Crippen LogP contribution < -0.4 is 18.9 Å². The number of nitrogens with zero attached hydrogens (tertiary/aromatic N) is 2. The second-order valence-corrected chi connectivity index (χ2v) is 10.0. The monoisotopic (exact) mass is 534 g/mol. The van der Waals surface area contributed by atoms with Crippen molar-refractivity contribution in [3.63, 3.8) is 0 Å². The Morgan fingerprint density at radius 2 is 1.79 bits per heavy atom. The third-order valence-corrected chi connectivity index (χ3v) is 7.21. The smallest absolute Gasteiger partial charge is 0.214 e. The maximum absolute atomic E-state index is 6.53. The highest BCUT2D eigenvalue weighted by Crippen LogP contribution is 2.49. The molecule has 2 aliphatic heterocycles. The van der Waals surface area contributed by atoms with Crippen LogP contribution in [0.15, 0.2) is 65.8 Å². The van der Waals surface area contributed by atoms with Gasteiger partial charge in [-0.05, 0) is 79.6 Å². The van der Waals surface area contributed by atoms with E-state index in [9.17, 15) is 0 Å². The van der Waals surface area contributed by atoms with E-state index in [1.807, 2.05) is 60.5 Å². The van der Waals surface area contributed by atoms with E-state index in [2.05, 4.69) is 19.1 Å². The van der Waals surface area contributed by atoms with Crippen molar-refractivity contribution in [2.24, 2.45) is 5.10 Å². The number of benzene rings is 3. The highest BCUT2D eigenvalue weighted by molar-refractivity contribution is 6.30. The SMILES string of the molecule is CCCCCCOc1ccc([C@@H]2Oc3ccc(Cl)cc3[C@@H]3CC(c4ccc(OCC)cc4)=NN32)cc1OC. The van der Waals surface area contributed by atoms with Gasteiger partial charge in [-0.15, -0.1) is 0 Å². The Bertz CT molecular complexity index is 1280. The molecule has 2 atom stereocenters. The first-order chi connectivity index (χ1) is 18.6. The van der Waals surface area contributed by atoms with Gasteiger partial charge >= 0.3 is 0 Å². The molecule has 0 fully saturated rings. The first-order valence-electron chi connectivity index (χ1n) is 13.5. The van der Waals surface area contributed by atoms with Crippen molar-refractivity contribution in [2.75, 3.05) is 20.3 Å². The van der Waals surface area contributed by atoms with Gasteiger partial charge in [0.15, 0.2) is 11.5 Å². The summed E-state index contributed by atoms with van der Waals surface area (Å²) in [6, 6.07) is 19.9. The van der Waals surface area contributed by atoms with Gasteiger partial charge in [0.05, 0.1) is 32.1 Å². The Labute approximate surface area is 230 Å². The molecule has 6 nitrogen and oxygen atoms in total. The van der Waals surface area contributed by atoms with Crippen LogP contribution in [0, 0.1) is 0 Å². The van der Waals surface area contributed by atoms with E-state index >= 15 is 0 Å². The average Bonchev–Trinajstić information content (AvgIpc) is 3.39. The number of ether oxygens (including phenoxy) is 4. The molecular formula is C31H35ClN2O4. The van der Waals surface area contributed by atoms with Crippen LogP contribution in [0.25, 0.3) is 0 Å². The second-order valence-electron chi connectivity index (χ2n) is 9.58. The summed E-state index contributed by atoms with van der Waals surface area (Å²) in [5, 5.41) is 7.80. The fourth-order valence-corrected chi connectivity index (χ4v) is 5.21. The zero-order chi connectivity index (χ0) is 26.5. The predicted octanol–water partition coefficient (Wildman–Crippen LogP) is 7.95. The van der Waals surface area contributed by atoms with Crippen molar-refractivity contribution in [3.8, 4) is 23.0 Å². The van der Waals surface area contributed by atoms with Gasteiger partial charge in [0.2, 0.25) is 6.23 Å². The van der Waals surface area contributed by atoms with E-state index in [1.165, 1.54) is 19.3 Å². The van der Waals surface area contributed by atoms with Crippen LogP contribution in [0.2, 0.25) is 5.02 Å². The number of methoxy groups -OCH3 is 1. The maximum atomic E-state index is 6.53. The van der Waals surface area contributed by atoms with Crippen molar-refractivity contribution in [1.82, 2.24) is 5.01 Å². The van der Waals surface area contributed by atoms with Gasteiger partial charge in [-0.25, -0.2) is 5.01 Å². The minimum Gasteiger partial charge on any atom is -0.494 e. The third-order valence-electron chi connectivity index (χ3n) is 6.98. The molecular weight excluding hydrogens is 500 g/mol. The number of hydrogen-bond donors (Lipinski definition) is 0. The van der Waals surface area contributed by atoms with Gasteiger partial charge in [0.25, 0.3) is 0 Å². The molecule has 0 radical (unpaired) electrons. The fourth-order valence-electron chi connectivity index (χ4n) is 5.03. The van der Waals surface area contributed by atoms with Crippen LogP contribution in [-0.4, -0.2) is 31.0 Å². The van der Waals surface area contributed by atoms with Crippen molar-refractivity contribution in [1.29, 1.82) is 0 Å². The molecule has 3 aromatic rings. The lowest BCUT2D eigenvalue weighted by atomic mass is 9.96. The van der Waals surface area contributed by atoms with E-state index in [0.717, 1.165) is 52.5 Å². The summed E-state index contributed by atoms with van der Waals surface area (Å²) >= 11 is 6.39. The van der Waals surface area contributed by atoms with Crippen LogP contribution in [0.3, 0.4) is 0 Å². The van der Waals surface area contributed by atoms with E-state index in [0.29, 0.717) is 24.0 Å². The van der Waals surface area contributed by atoms with Crippen LogP contribution in [0.1, 0.15) is 74.9 Å². The maximum Gasteiger partial charge on any atom is 0.214 e. The van der Waals surface area contributed by atoms with E-state index < -0.39 is 6.23 Å². The predicted molar refractivity (Wildman–Crippen MR) is 151 cm³/mol. The summed E-state index contributed by atoms with van der Waals surface area (Å²) < 4.78 is 23.9. The van der Waals surface area contributed by atoms with Crippen molar-refractivity contribution in [2.45, 2.75) is 58.2 Å². The van der Waals surface area contributed by atoms with Crippen molar-refractivity contribution >= 4 is 17.3 Å². The molecule has 0 bridgehead atoms. The van der Waals surface area contributed by atoms with E-state index in [1.54, 1.807) is 7.11 Å². The highest BCUT2D eigenvalue weighted by atomic mass is 35.5. The molecule has 0 unspecified atom stereocenters. The molecule has 0 aromatic heterocycles. The molecule has 0 N–H and O–H groups in total. The number of rotatable bonds is 11. The minimum atomic E-state index is -0.415. The lowest BCUT2D eigenvalue weighted by Gasteiger charge is -2.38.